The molecular weight excluding hydrogens is 322 g/mol. The van der Waals surface area contributed by atoms with E-state index in [4.69, 9.17) is 0 Å². The molecule has 3 heterocycles. The zero-order chi connectivity index (χ0) is 17.2. The Hall–Kier alpha value is -1.43. The van der Waals surface area contributed by atoms with Gasteiger partial charge in [0.2, 0.25) is 5.91 Å². The number of hydrogen-bond donors (Lipinski definition) is 0. The molecule has 2 aliphatic rings. The van der Waals surface area contributed by atoms with E-state index >= 15 is 0 Å². The van der Waals surface area contributed by atoms with Crippen molar-refractivity contribution in [3.63, 3.8) is 0 Å². The summed E-state index contributed by atoms with van der Waals surface area (Å²) in [5, 5.41) is 1.82. The van der Waals surface area contributed by atoms with Crippen LogP contribution in [0.1, 0.15) is 56.4 Å². The van der Waals surface area contributed by atoms with E-state index in [9.17, 15) is 9.59 Å². The van der Waals surface area contributed by atoms with Crippen LogP contribution >= 0.6 is 11.3 Å². The van der Waals surface area contributed by atoms with Crippen LogP contribution in [-0.2, 0) is 4.79 Å². The van der Waals surface area contributed by atoms with Gasteiger partial charge in [-0.1, -0.05) is 13.8 Å². The number of likely N-dealkylation sites (tertiary alicyclic amines) is 2. The molecule has 2 aliphatic heterocycles. The number of carbonyl (C=O) groups excluding carboxylic acids is 2. The fourth-order valence-electron chi connectivity index (χ4n) is 3.91. The molecule has 2 amide bonds. The molecule has 3 rings (SSSR count). The van der Waals surface area contributed by atoms with Crippen molar-refractivity contribution in [2.24, 2.45) is 11.3 Å². The standard InChI is InChI=1S/C18H27N3O2S/c1-14(2)5-9-20-11-18(7-4-16(20)22)6-3-8-21(12-18)17(23)15-10-24-13-19-15/h10,13-14H,3-9,11-12H2,1-2H3/t18-/m0/s1. The number of amides is 2. The highest BCUT2D eigenvalue weighted by atomic mass is 32.1. The third-order valence-corrected chi connectivity index (χ3v) is 5.91. The van der Waals surface area contributed by atoms with E-state index in [0.717, 1.165) is 51.9 Å². The van der Waals surface area contributed by atoms with Gasteiger partial charge >= 0.3 is 0 Å². The Morgan fingerprint density at radius 3 is 2.92 bits per heavy atom. The van der Waals surface area contributed by atoms with Crippen molar-refractivity contribution >= 4 is 23.2 Å². The number of hydrogen-bond acceptors (Lipinski definition) is 4. The molecule has 1 spiro atoms. The highest BCUT2D eigenvalue weighted by molar-refractivity contribution is 7.07. The Morgan fingerprint density at radius 1 is 1.38 bits per heavy atom. The molecule has 132 valence electrons. The van der Waals surface area contributed by atoms with Crippen molar-refractivity contribution in [3.8, 4) is 0 Å². The Labute approximate surface area is 148 Å². The van der Waals surface area contributed by atoms with Gasteiger partial charge in [-0.05, 0) is 31.6 Å². The first-order chi connectivity index (χ1) is 11.5. The van der Waals surface area contributed by atoms with Crippen molar-refractivity contribution in [2.75, 3.05) is 26.2 Å². The second-order valence-corrected chi connectivity index (χ2v) is 8.42. The summed E-state index contributed by atoms with van der Waals surface area (Å²) in [6.45, 7) is 7.60. The van der Waals surface area contributed by atoms with Gasteiger partial charge in [-0.25, -0.2) is 4.98 Å². The molecule has 0 N–H and O–H groups in total. The monoisotopic (exact) mass is 349 g/mol. The second kappa shape index (κ2) is 7.21. The molecule has 1 aromatic rings. The summed E-state index contributed by atoms with van der Waals surface area (Å²) in [6, 6.07) is 0. The number of nitrogens with zero attached hydrogens (tertiary/aromatic N) is 3. The molecule has 0 aromatic carbocycles. The van der Waals surface area contributed by atoms with Crippen molar-refractivity contribution in [3.05, 3.63) is 16.6 Å². The first kappa shape index (κ1) is 17.4. The van der Waals surface area contributed by atoms with Crippen LogP contribution in [0.3, 0.4) is 0 Å². The van der Waals surface area contributed by atoms with Crippen molar-refractivity contribution in [1.29, 1.82) is 0 Å². The van der Waals surface area contributed by atoms with Gasteiger partial charge in [0.05, 0.1) is 5.51 Å². The van der Waals surface area contributed by atoms with Gasteiger partial charge in [-0.2, -0.15) is 0 Å². The lowest BCUT2D eigenvalue weighted by molar-refractivity contribution is -0.139. The predicted molar refractivity (Wildman–Crippen MR) is 95.0 cm³/mol. The van der Waals surface area contributed by atoms with E-state index in [-0.39, 0.29) is 17.2 Å². The van der Waals surface area contributed by atoms with Gasteiger partial charge in [-0.15, -0.1) is 11.3 Å². The van der Waals surface area contributed by atoms with E-state index in [0.29, 0.717) is 18.0 Å². The first-order valence-electron chi connectivity index (χ1n) is 8.94. The maximum Gasteiger partial charge on any atom is 0.273 e. The van der Waals surface area contributed by atoms with Crippen molar-refractivity contribution in [1.82, 2.24) is 14.8 Å². The fourth-order valence-corrected chi connectivity index (χ4v) is 4.44. The summed E-state index contributed by atoms with van der Waals surface area (Å²) in [6.07, 6.45) is 4.70. The minimum Gasteiger partial charge on any atom is -0.342 e. The number of carbonyl (C=O) groups is 2. The minimum absolute atomic E-state index is 0.0426. The third kappa shape index (κ3) is 3.79. The topological polar surface area (TPSA) is 53.5 Å². The molecule has 0 bridgehead atoms. The van der Waals surface area contributed by atoms with E-state index in [2.05, 4.69) is 18.8 Å². The lowest BCUT2D eigenvalue weighted by Crippen LogP contribution is -2.55. The summed E-state index contributed by atoms with van der Waals surface area (Å²) in [5.74, 6) is 0.926. The Kier molecular flexibility index (Phi) is 5.23. The summed E-state index contributed by atoms with van der Waals surface area (Å²) in [4.78, 5) is 33.1. The van der Waals surface area contributed by atoms with Crippen LogP contribution in [0.25, 0.3) is 0 Å². The van der Waals surface area contributed by atoms with Crippen LogP contribution in [0.15, 0.2) is 10.9 Å². The van der Waals surface area contributed by atoms with Gasteiger partial charge in [-0.3, -0.25) is 9.59 Å². The highest BCUT2D eigenvalue weighted by Crippen LogP contribution is 2.39. The third-order valence-electron chi connectivity index (χ3n) is 5.32. The molecule has 0 radical (unpaired) electrons. The largest absolute Gasteiger partial charge is 0.342 e. The van der Waals surface area contributed by atoms with Crippen LogP contribution in [0, 0.1) is 11.3 Å². The van der Waals surface area contributed by atoms with E-state index in [1.165, 1.54) is 11.3 Å². The number of aromatic nitrogens is 1. The summed E-state index contributed by atoms with van der Waals surface area (Å²) >= 11 is 1.46. The van der Waals surface area contributed by atoms with Crippen LogP contribution in [0.2, 0.25) is 0 Å². The van der Waals surface area contributed by atoms with Gasteiger partial charge in [0.1, 0.15) is 5.69 Å². The molecule has 0 saturated carbocycles. The van der Waals surface area contributed by atoms with Crippen LogP contribution in [0.5, 0.6) is 0 Å². The summed E-state index contributed by atoms with van der Waals surface area (Å²) in [5.41, 5.74) is 2.34. The van der Waals surface area contributed by atoms with E-state index in [1.54, 1.807) is 5.51 Å². The van der Waals surface area contributed by atoms with E-state index in [1.807, 2.05) is 15.2 Å². The zero-order valence-electron chi connectivity index (χ0n) is 14.7. The Balaban J connectivity index is 1.68. The van der Waals surface area contributed by atoms with Crippen LogP contribution in [-0.4, -0.2) is 52.8 Å². The maximum absolute atomic E-state index is 12.6. The molecule has 6 heteroatoms. The predicted octanol–water partition coefficient (Wildman–Crippen LogP) is 3.03. The van der Waals surface area contributed by atoms with Gasteiger partial charge in [0.15, 0.2) is 0 Å². The Morgan fingerprint density at radius 2 is 2.21 bits per heavy atom. The average Bonchev–Trinajstić information content (AvgIpc) is 3.10. The number of thiazole rings is 1. The van der Waals surface area contributed by atoms with Crippen LogP contribution < -0.4 is 0 Å². The lowest BCUT2D eigenvalue weighted by Gasteiger charge is -2.48. The lowest BCUT2D eigenvalue weighted by atomic mass is 9.73. The summed E-state index contributed by atoms with van der Waals surface area (Å²) in [7, 11) is 0. The van der Waals surface area contributed by atoms with Gasteiger partial charge in [0, 0.05) is 43.4 Å². The van der Waals surface area contributed by atoms with E-state index < -0.39 is 0 Å². The second-order valence-electron chi connectivity index (χ2n) is 7.70. The Bertz CT molecular complexity index is 587. The molecule has 1 atom stereocenters. The highest BCUT2D eigenvalue weighted by Gasteiger charge is 2.42. The quantitative estimate of drug-likeness (QED) is 0.839. The molecule has 2 saturated heterocycles. The molecule has 0 unspecified atom stereocenters. The fraction of sp³-hybridized carbons (Fsp3) is 0.722. The first-order valence-corrected chi connectivity index (χ1v) is 9.89. The SMILES string of the molecule is CC(C)CCN1C[C@]2(CCCN(C(=O)c3cscn3)C2)CCC1=O. The molecule has 5 nitrogen and oxygen atoms in total. The summed E-state index contributed by atoms with van der Waals surface area (Å²) < 4.78 is 0. The number of rotatable bonds is 4. The maximum atomic E-state index is 12.6. The average molecular weight is 350 g/mol. The molecule has 0 aliphatic carbocycles. The number of piperidine rings is 2. The smallest absolute Gasteiger partial charge is 0.273 e. The van der Waals surface area contributed by atoms with Crippen molar-refractivity contribution in [2.45, 2.75) is 46.0 Å². The molecule has 24 heavy (non-hydrogen) atoms. The molecular formula is C18H27N3O2S. The van der Waals surface area contributed by atoms with Crippen LogP contribution in [0.4, 0.5) is 0 Å². The normalized spacial score (nSPS) is 24.9. The van der Waals surface area contributed by atoms with Gasteiger partial charge in [0.25, 0.3) is 5.91 Å². The zero-order valence-corrected chi connectivity index (χ0v) is 15.5. The molecule has 2 fully saturated rings. The minimum atomic E-state index is 0.0426. The van der Waals surface area contributed by atoms with Gasteiger partial charge < -0.3 is 9.80 Å². The molecule has 1 aromatic heterocycles. The van der Waals surface area contributed by atoms with Crippen molar-refractivity contribution < 1.29 is 9.59 Å².